The molecule has 94 valence electrons. The first-order valence-electron chi connectivity index (χ1n) is 5.74. The maximum absolute atomic E-state index is 11.2. The van der Waals surface area contributed by atoms with Gasteiger partial charge < -0.3 is 20.8 Å². The maximum Gasteiger partial charge on any atom is 0.323 e. The Balaban J connectivity index is 2.04. The van der Waals surface area contributed by atoms with E-state index in [9.17, 15) is 14.7 Å². The fraction of sp³-hybridized carbons (Fsp3) is 0.333. The molecule has 1 fully saturated rings. The molecule has 5 N–H and O–H groups in total. The van der Waals surface area contributed by atoms with E-state index < -0.39 is 17.4 Å². The fourth-order valence-corrected chi connectivity index (χ4v) is 2.36. The zero-order valence-electron chi connectivity index (χ0n) is 9.56. The van der Waals surface area contributed by atoms with Crippen molar-refractivity contribution in [3.63, 3.8) is 0 Å². The number of aliphatic carboxylic acids is 1. The van der Waals surface area contributed by atoms with Crippen LogP contribution in [0.4, 0.5) is 0 Å². The number of fused-ring (bicyclic) bond motifs is 1. The molecule has 3 rings (SSSR count). The van der Waals surface area contributed by atoms with Gasteiger partial charge in [-0.15, -0.1) is 0 Å². The third kappa shape index (κ3) is 1.46. The lowest BCUT2D eigenvalue weighted by Gasteiger charge is -2.19. The molecule has 1 heterocycles. The third-order valence-electron chi connectivity index (χ3n) is 3.71. The molecular weight excluding hydrogens is 234 g/mol. The summed E-state index contributed by atoms with van der Waals surface area (Å²) in [7, 11) is 0. The van der Waals surface area contributed by atoms with Gasteiger partial charge in [-0.05, 0) is 30.5 Å². The number of H-pyrrole nitrogens is 2. The van der Waals surface area contributed by atoms with E-state index >= 15 is 0 Å². The number of hydrogen-bond donors (Lipinski definition) is 4. The van der Waals surface area contributed by atoms with Gasteiger partial charge in [0.1, 0.15) is 0 Å². The number of hydrogen-bond acceptors (Lipinski definition) is 3. The lowest BCUT2D eigenvalue weighted by atomic mass is 9.91. The number of carboxylic acid groups (broad SMARTS) is 1. The largest absolute Gasteiger partial charge is 0.481 e. The molecule has 6 heteroatoms. The normalized spacial score (nSPS) is 18.7. The van der Waals surface area contributed by atoms with Gasteiger partial charge in [-0.1, -0.05) is 6.07 Å². The van der Waals surface area contributed by atoms with Gasteiger partial charge in [0.2, 0.25) is 0 Å². The van der Waals surface area contributed by atoms with E-state index in [0.717, 1.165) is 5.56 Å². The number of carboxylic acids is 1. The quantitative estimate of drug-likeness (QED) is 0.640. The summed E-state index contributed by atoms with van der Waals surface area (Å²) in [5, 5.41) is 9.21. The Kier molecular flexibility index (Phi) is 2.12. The van der Waals surface area contributed by atoms with Crippen molar-refractivity contribution in [3.8, 4) is 0 Å². The molecule has 6 nitrogen and oxygen atoms in total. The van der Waals surface area contributed by atoms with Crippen molar-refractivity contribution >= 4 is 17.0 Å². The molecule has 1 aliphatic rings. The summed E-state index contributed by atoms with van der Waals surface area (Å²) in [6, 6.07) is 4.69. The van der Waals surface area contributed by atoms with Crippen molar-refractivity contribution in [1.82, 2.24) is 9.97 Å². The Morgan fingerprint density at radius 2 is 2.00 bits per heavy atom. The summed E-state index contributed by atoms with van der Waals surface area (Å²) in [5.74, 6) is -0.849. The van der Waals surface area contributed by atoms with E-state index in [1.807, 2.05) is 0 Å². The summed E-state index contributed by atoms with van der Waals surface area (Å²) in [6.07, 6.45) is 1.20. The molecule has 0 radical (unpaired) electrons. The van der Waals surface area contributed by atoms with E-state index in [1.165, 1.54) is 0 Å². The van der Waals surface area contributed by atoms with Crippen molar-refractivity contribution in [1.29, 1.82) is 0 Å². The number of aromatic nitrogens is 2. The maximum atomic E-state index is 11.2. The van der Waals surface area contributed by atoms with Crippen LogP contribution in [0.15, 0.2) is 23.0 Å². The molecule has 1 unspecified atom stereocenters. The molecule has 18 heavy (non-hydrogen) atoms. The van der Waals surface area contributed by atoms with E-state index in [4.69, 9.17) is 5.73 Å². The van der Waals surface area contributed by atoms with Gasteiger partial charge in [0.25, 0.3) is 0 Å². The number of rotatable bonds is 3. The fourth-order valence-electron chi connectivity index (χ4n) is 2.36. The molecule has 0 spiro atoms. The summed E-state index contributed by atoms with van der Waals surface area (Å²) < 4.78 is 0. The number of imidazole rings is 1. The average molecular weight is 247 g/mol. The van der Waals surface area contributed by atoms with Gasteiger partial charge in [-0.3, -0.25) is 4.79 Å². The highest BCUT2D eigenvalue weighted by Gasteiger charge is 2.55. The van der Waals surface area contributed by atoms with Crippen molar-refractivity contribution in [3.05, 3.63) is 34.2 Å². The number of benzene rings is 1. The van der Waals surface area contributed by atoms with Crippen LogP contribution in [0.5, 0.6) is 0 Å². The Morgan fingerprint density at radius 1 is 1.33 bits per heavy atom. The summed E-state index contributed by atoms with van der Waals surface area (Å²) in [5.41, 5.74) is 7.01. The van der Waals surface area contributed by atoms with Gasteiger partial charge >= 0.3 is 11.7 Å². The number of nitrogens with two attached hydrogens (primary N) is 1. The van der Waals surface area contributed by atoms with Gasteiger partial charge in [0.15, 0.2) is 0 Å². The average Bonchev–Trinajstić information content (AvgIpc) is 3.05. The minimum Gasteiger partial charge on any atom is -0.481 e. The number of aromatic amines is 2. The molecule has 1 saturated carbocycles. The molecular formula is C12H13N3O3. The topological polar surface area (TPSA) is 112 Å². The first kappa shape index (κ1) is 11.0. The van der Waals surface area contributed by atoms with Gasteiger partial charge in [-0.2, -0.15) is 0 Å². The van der Waals surface area contributed by atoms with Crippen LogP contribution in [-0.4, -0.2) is 21.0 Å². The van der Waals surface area contributed by atoms with Crippen LogP contribution in [0.2, 0.25) is 0 Å². The Hall–Kier alpha value is -2.08. The van der Waals surface area contributed by atoms with Crippen LogP contribution < -0.4 is 11.4 Å². The molecule has 1 aromatic carbocycles. The first-order chi connectivity index (χ1) is 8.53. The molecule has 1 atom stereocenters. The standard InChI is InChI=1S/C12H13N3O3/c13-9(12(3-4-12)10(16)17)6-1-2-7-8(5-6)15-11(18)14-7/h1-2,5,9H,3-4,13H2,(H,16,17)(H2,14,15,18). The summed E-state index contributed by atoms with van der Waals surface area (Å²) in [6.45, 7) is 0. The lowest BCUT2D eigenvalue weighted by molar-refractivity contribution is -0.144. The van der Waals surface area contributed by atoms with Crippen LogP contribution in [0.25, 0.3) is 11.0 Å². The molecule has 1 aliphatic carbocycles. The lowest BCUT2D eigenvalue weighted by Crippen LogP contribution is -2.29. The van der Waals surface area contributed by atoms with Crippen LogP contribution in [0.3, 0.4) is 0 Å². The molecule has 1 aromatic heterocycles. The van der Waals surface area contributed by atoms with Crippen LogP contribution in [0.1, 0.15) is 24.4 Å². The highest BCUT2D eigenvalue weighted by Crippen LogP contribution is 2.54. The third-order valence-corrected chi connectivity index (χ3v) is 3.71. The van der Waals surface area contributed by atoms with Crippen molar-refractivity contribution < 1.29 is 9.90 Å². The Morgan fingerprint density at radius 3 is 2.61 bits per heavy atom. The Labute approximate surface area is 102 Å². The predicted octanol–water partition coefficient (Wildman–Crippen LogP) is 0.721. The van der Waals surface area contributed by atoms with Gasteiger partial charge in [0.05, 0.1) is 16.4 Å². The smallest absolute Gasteiger partial charge is 0.323 e. The summed E-state index contributed by atoms with van der Waals surface area (Å²) >= 11 is 0. The number of nitrogens with one attached hydrogen (secondary N) is 2. The van der Waals surface area contributed by atoms with Crippen molar-refractivity contribution in [2.45, 2.75) is 18.9 Å². The van der Waals surface area contributed by atoms with E-state index in [-0.39, 0.29) is 5.69 Å². The minimum absolute atomic E-state index is 0.282. The predicted molar refractivity (Wildman–Crippen MR) is 65.2 cm³/mol. The van der Waals surface area contributed by atoms with Crippen molar-refractivity contribution in [2.75, 3.05) is 0 Å². The minimum atomic E-state index is -0.849. The zero-order chi connectivity index (χ0) is 12.9. The first-order valence-corrected chi connectivity index (χ1v) is 5.74. The van der Waals surface area contributed by atoms with E-state index in [1.54, 1.807) is 18.2 Å². The SMILES string of the molecule is NC(c1ccc2[nH]c(=O)[nH]c2c1)C1(C(=O)O)CC1. The zero-order valence-corrected chi connectivity index (χ0v) is 9.56. The van der Waals surface area contributed by atoms with Crippen molar-refractivity contribution in [2.24, 2.45) is 11.1 Å². The molecule has 0 amide bonds. The molecule has 2 aromatic rings. The second kappa shape index (κ2) is 3.46. The van der Waals surface area contributed by atoms with Crippen LogP contribution in [-0.2, 0) is 4.79 Å². The summed E-state index contributed by atoms with van der Waals surface area (Å²) in [4.78, 5) is 27.6. The molecule has 0 bridgehead atoms. The molecule has 0 aliphatic heterocycles. The Bertz CT molecular complexity index is 681. The molecule has 0 saturated heterocycles. The second-order valence-electron chi connectivity index (χ2n) is 4.82. The van der Waals surface area contributed by atoms with E-state index in [2.05, 4.69) is 9.97 Å². The van der Waals surface area contributed by atoms with Crippen LogP contribution in [0, 0.1) is 5.41 Å². The monoisotopic (exact) mass is 247 g/mol. The number of carbonyl (C=O) groups is 1. The highest BCUT2D eigenvalue weighted by molar-refractivity contribution is 5.80. The van der Waals surface area contributed by atoms with Crippen LogP contribution >= 0.6 is 0 Å². The second-order valence-corrected chi connectivity index (χ2v) is 4.82. The van der Waals surface area contributed by atoms with E-state index in [0.29, 0.717) is 23.9 Å². The van der Waals surface area contributed by atoms with Gasteiger partial charge in [-0.25, -0.2) is 4.79 Å². The highest BCUT2D eigenvalue weighted by atomic mass is 16.4. The van der Waals surface area contributed by atoms with Gasteiger partial charge in [0, 0.05) is 6.04 Å².